The third kappa shape index (κ3) is 1.90. The molecule has 2 N–H and O–H groups in total. The van der Waals surface area contributed by atoms with Crippen LogP contribution in [0.5, 0.6) is 0 Å². The van der Waals surface area contributed by atoms with E-state index in [0.717, 1.165) is 19.6 Å². The highest BCUT2D eigenvalue weighted by Crippen LogP contribution is 2.25. The normalized spacial score (nSPS) is 16.2. The number of nitrogens with two attached hydrogens (primary N) is 1. The molecule has 14 heavy (non-hydrogen) atoms. The van der Waals surface area contributed by atoms with Gasteiger partial charge in [-0.15, -0.1) is 0 Å². The number of hydrogen-bond acceptors (Lipinski definition) is 2. The predicted molar refractivity (Wildman–Crippen MR) is 60.6 cm³/mol. The Labute approximate surface area is 85.7 Å². The molecule has 0 atom stereocenters. The highest BCUT2D eigenvalue weighted by Gasteiger charge is 2.13. The second-order valence-electron chi connectivity index (χ2n) is 3.86. The van der Waals surface area contributed by atoms with Crippen molar-refractivity contribution in [3.8, 4) is 0 Å². The first-order chi connectivity index (χ1) is 6.92. The van der Waals surface area contributed by atoms with Crippen molar-refractivity contribution >= 4 is 5.69 Å². The third-order valence-corrected chi connectivity index (χ3v) is 2.86. The molecule has 1 aliphatic rings. The number of rotatable bonds is 2. The van der Waals surface area contributed by atoms with Crippen molar-refractivity contribution in [3.05, 3.63) is 29.8 Å². The summed E-state index contributed by atoms with van der Waals surface area (Å²) in [4.78, 5) is 2.42. The van der Waals surface area contributed by atoms with Gasteiger partial charge in [-0.3, -0.25) is 0 Å². The molecule has 2 heteroatoms. The lowest BCUT2D eigenvalue weighted by molar-refractivity contribution is 0.714. The summed E-state index contributed by atoms with van der Waals surface area (Å²) in [5.41, 5.74) is 8.51. The molecule has 0 saturated carbocycles. The Morgan fingerprint density at radius 2 is 2.07 bits per heavy atom. The zero-order valence-electron chi connectivity index (χ0n) is 8.58. The van der Waals surface area contributed by atoms with Crippen molar-refractivity contribution < 1.29 is 0 Å². The van der Waals surface area contributed by atoms with Crippen LogP contribution in [0.25, 0.3) is 0 Å². The molecule has 1 aromatic rings. The molecule has 0 amide bonds. The van der Waals surface area contributed by atoms with Crippen LogP contribution >= 0.6 is 0 Å². The number of para-hydroxylation sites is 1. The van der Waals surface area contributed by atoms with E-state index >= 15 is 0 Å². The Kier molecular flexibility index (Phi) is 3.04. The minimum Gasteiger partial charge on any atom is -0.370 e. The second kappa shape index (κ2) is 4.47. The molecule has 76 valence electrons. The number of aryl methyl sites for hydroxylation is 1. The Bertz CT molecular complexity index is 296. The molecule has 2 nitrogen and oxygen atoms in total. The summed E-state index contributed by atoms with van der Waals surface area (Å²) in [5, 5.41) is 0. The van der Waals surface area contributed by atoms with Gasteiger partial charge in [0.1, 0.15) is 0 Å². The van der Waals surface area contributed by atoms with E-state index < -0.39 is 0 Å². The molecule has 0 fully saturated rings. The quantitative estimate of drug-likeness (QED) is 0.770. The van der Waals surface area contributed by atoms with Crippen LogP contribution in [0.15, 0.2) is 24.3 Å². The van der Waals surface area contributed by atoms with Gasteiger partial charge in [0.15, 0.2) is 0 Å². The lowest BCUT2D eigenvalue weighted by atomic mass is 10.1. The first-order valence-corrected chi connectivity index (χ1v) is 5.45. The van der Waals surface area contributed by atoms with Crippen molar-refractivity contribution in [3.63, 3.8) is 0 Å². The fourth-order valence-corrected chi connectivity index (χ4v) is 2.16. The van der Waals surface area contributed by atoms with Crippen molar-refractivity contribution in [2.45, 2.75) is 19.3 Å². The van der Waals surface area contributed by atoms with Gasteiger partial charge in [-0.25, -0.2) is 0 Å². The van der Waals surface area contributed by atoms with E-state index in [4.69, 9.17) is 5.73 Å². The first-order valence-electron chi connectivity index (χ1n) is 5.45. The average Bonchev–Trinajstić information content (AvgIpc) is 2.42. The summed E-state index contributed by atoms with van der Waals surface area (Å²) >= 11 is 0. The Hall–Kier alpha value is -1.02. The van der Waals surface area contributed by atoms with Crippen LogP contribution in [0.1, 0.15) is 18.4 Å². The maximum atomic E-state index is 5.63. The van der Waals surface area contributed by atoms with Crippen molar-refractivity contribution in [2.75, 3.05) is 24.5 Å². The van der Waals surface area contributed by atoms with Crippen molar-refractivity contribution in [1.82, 2.24) is 0 Å². The fourth-order valence-electron chi connectivity index (χ4n) is 2.16. The topological polar surface area (TPSA) is 29.3 Å². The van der Waals surface area contributed by atoms with E-state index in [9.17, 15) is 0 Å². The number of benzene rings is 1. The average molecular weight is 190 g/mol. The van der Waals surface area contributed by atoms with E-state index in [-0.39, 0.29) is 0 Å². The minimum absolute atomic E-state index is 0.744. The lowest BCUT2D eigenvalue weighted by Crippen LogP contribution is -2.30. The lowest BCUT2D eigenvalue weighted by Gasteiger charge is -2.23. The monoisotopic (exact) mass is 190 g/mol. The van der Waals surface area contributed by atoms with E-state index in [1.165, 1.54) is 30.5 Å². The summed E-state index contributed by atoms with van der Waals surface area (Å²) < 4.78 is 0. The van der Waals surface area contributed by atoms with Gasteiger partial charge in [0.2, 0.25) is 0 Å². The Balaban J connectivity index is 2.27. The molecular weight excluding hydrogens is 172 g/mol. The van der Waals surface area contributed by atoms with E-state index in [1.54, 1.807) is 0 Å². The molecule has 1 heterocycles. The zero-order valence-corrected chi connectivity index (χ0v) is 8.58. The molecule has 0 radical (unpaired) electrons. The molecule has 0 unspecified atom stereocenters. The zero-order chi connectivity index (χ0) is 9.80. The predicted octanol–water partition coefficient (Wildman–Crippen LogP) is 1.79. The molecule has 0 aliphatic carbocycles. The van der Waals surface area contributed by atoms with Crippen LogP contribution in [-0.4, -0.2) is 19.6 Å². The minimum atomic E-state index is 0.744. The summed E-state index contributed by atoms with van der Waals surface area (Å²) in [6.07, 6.45) is 3.81. The van der Waals surface area contributed by atoms with Gasteiger partial charge in [0.05, 0.1) is 0 Å². The van der Waals surface area contributed by atoms with Gasteiger partial charge in [-0.2, -0.15) is 0 Å². The van der Waals surface area contributed by atoms with Crippen LogP contribution in [-0.2, 0) is 6.42 Å². The van der Waals surface area contributed by atoms with Crippen molar-refractivity contribution in [2.24, 2.45) is 5.73 Å². The molecule has 2 rings (SSSR count). The number of hydrogen-bond donors (Lipinski definition) is 1. The SMILES string of the molecule is NCCN1CCCCc2ccccc21. The summed E-state index contributed by atoms with van der Waals surface area (Å²) in [5.74, 6) is 0. The fraction of sp³-hybridized carbons (Fsp3) is 0.500. The van der Waals surface area contributed by atoms with Crippen LogP contribution in [0, 0.1) is 0 Å². The molecule has 1 aliphatic heterocycles. The highest BCUT2D eigenvalue weighted by atomic mass is 15.1. The van der Waals surface area contributed by atoms with Crippen LogP contribution in [0.3, 0.4) is 0 Å². The largest absolute Gasteiger partial charge is 0.370 e. The maximum absolute atomic E-state index is 5.63. The van der Waals surface area contributed by atoms with Gasteiger partial charge in [0.25, 0.3) is 0 Å². The molecule has 0 saturated heterocycles. The number of anilines is 1. The van der Waals surface area contributed by atoms with E-state index in [0.29, 0.717) is 0 Å². The van der Waals surface area contributed by atoms with Crippen LogP contribution in [0.4, 0.5) is 5.69 Å². The molecular formula is C12H18N2. The maximum Gasteiger partial charge on any atom is 0.0399 e. The Morgan fingerprint density at radius 1 is 1.21 bits per heavy atom. The van der Waals surface area contributed by atoms with E-state index in [1.807, 2.05) is 0 Å². The van der Waals surface area contributed by atoms with Gasteiger partial charge in [-0.1, -0.05) is 18.2 Å². The van der Waals surface area contributed by atoms with Crippen LogP contribution < -0.4 is 10.6 Å². The molecule has 0 aromatic heterocycles. The standard InChI is InChI=1S/C12H18N2/c13-8-10-14-9-4-3-6-11-5-1-2-7-12(11)14/h1-2,5,7H,3-4,6,8-10,13H2. The van der Waals surface area contributed by atoms with Crippen LogP contribution in [0.2, 0.25) is 0 Å². The number of nitrogens with zero attached hydrogens (tertiary/aromatic N) is 1. The smallest absolute Gasteiger partial charge is 0.0399 e. The van der Waals surface area contributed by atoms with E-state index in [2.05, 4.69) is 29.2 Å². The highest BCUT2D eigenvalue weighted by molar-refractivity contribution is 5.54. The number of fused-ring (bicyclic) bond motifs is 1. The van der Waals surface area contributed by atoms with Gasteiger partial charge >= 0.3 is 0 Å². The summed E-state index contributed by atoms with van der Waals surface area (Å²) in [6.45, 7) is 2.89. The van der Waals surface area contributed by atoms with Gasteiger partial charge in [0, 0.05) is 25.3 Å². The third-order valence-electron chi connectivity index (χ3n) is 2.86. The Morgan fingerprint density at radius 3 is 2.93 bits per heavy atom. The molecule has 0 spiro atoms. The summed E-state index contributed by atoms with van der Waals surface area (Å²) in [6, 6.07) is 8.71. The van der Waals surface area contributed by atoms with Gasteiger partial charge < -0.3 is 10.6 Å². The summed E-state index contributed by atoms with van der Waals surface area (Å²) in [7, 11) is 0. The molecule has 0 bridgehead atoms. The molecule has 1 aromatic carbocycles. The second-order valence-corrected chi connectivity index (χ2v) is 3.86. The van der Waals surface area contributed by atoms with Crippen molar-refractivity contribution in [1.29, 1.82) is 0 Å². The van der Waals surface area contributed by atoms with Gasteiger partial charge in [-0.05, 0) is 30.9 Å². The first kappa shape index (κ1) is 9.53.